The molecule has 0 saturated carbocycles. The lowest BCUT2D eigenvalue weighted by molar-refractivity contribution is -0.360. The van der Waals surface area contributed by atoms with E-state index in [1.807, 2.05) is 49.4 Å². The van der Waals surface area contributed by atoms with Crippen LogP contribution < -0.4 is 5.32 Å². The van der Waals surface area contributed by atoms with Gasteiger partial charge < -0.3 is 33.5 Å². The van der Waals surface area contributed by atoms with Crippen molar-refractivity contribution in [3.05, 3.63) is 244 Å². The van der Waals surface area contributed by atoms with Crippen molar-refractivity contribution in [3.8, 4) is 0 Å². The normalized spacial score (nSPS) is 18.7. The first-order chi connectivity index (χ1) is 34.5. The number of benzene rings is 7. The highest BCUT2D eigenvalue weighted by Gasteiger charge is 2.62. The Labute approximate surface area is 410 Å². The Hall–Kier alpha value is -8.39. The Morgan fingerprint density at radius 1 is 0.563 bits per heavy atom. The number of hydrogen-bond acceptors (Lipinski definition) is 12. The Kier molecular flexibility index (Phi) is 15.8. The zero-order chi connectivity index (χ0) is 49.7. The van der Waals surface area contributed by atoms with Gasteiger partial charge in [-0.05, 0) is 103 Å². The second kappa shape index (κ2) is 22.8. The van der Waals surface area contributed by atoms with Crippen LogP contribution in [0.3, 0.4) is 0 Å². The van der Waals surface area contributed by atoms with Crippen molar-refractivity contribution < 1.29 is 57.5 Å². The van der Waals surface area contributed by atoms with E-state index in [9.17, 15) is 29.1 Å². The summed E-state index contributed by atoms with van der Waals surface area (Å²) in [5.74, 6) is -6.46. The number of nitrogens with one attached hydrogen (secondary N) is 1. The van der Waals surface area contributed by atoms with Gasteiger partial charge in [-0.25, -0.2) is 24.0 Å². The minimum atomic E-state index is -2.86. The average Bonchev–Trinajstić information content (AvgIpc) is 3.41. The topological polar surface area (TPSA) is 173 Å². The van der Waals surface area contributed by atoms with Crippen LogP contribution >= 0.6 is 0 Å². The molecule has 0 aromatic heterocycles. The molecule has 0 unspecified atom stereocenters. The zero-order valence-corrected chi connectivity index (χ0v) is 38.9. The highest BCUT2D eigenvalue weighted by atomic mass is 16.7. The lowest BCUT2D eigenvalue weighted by atomic mass is 9.83. The molecule has 13 heteroatoms. The summed E-state index contributed by atoms with van der Waals surface area (Å²) in [6.07, 6.45) is -8.61. The van der Waals surface area contributed by atoms with Gasteiger partial charge in [-0.3, -0.25) is 5.32 Å². The van der Waals surface area contributed by atoms with Gasteiger partial charge in [-0.15, -0.1) is 0 Å². The zero-order valence-electron chi connectivity index (χ0n) is 38.9. The van der Waals surface area contributed by atoms with Crippen molar-refractivity contribution in [1.29, 1.82) is 0 Å². The van der Waals surface area contributed by atoms with Crippen LogP contribution in [-0.4, -0.2) is 65.6 Å². The third kappa shape index (κ3) is 12.1. The molecule has 1 heterocycles. The average molecular weight is 954 g/mol. The van der Waals surface area contributed by atoms with Crippen LogP contribution in [0, 0.1) is 0 Å². The lowest BCUT2D eigenvalue weighted by Gasteiger charge is -2.50. The van der Waals surface area contributed by atoms with E-state index in [2.05, 4.69) is 5.32 Å². The van der Waals surface area contributed by atoms with E-state index >= 15 is 0 Å². The fourth-order valence-corrected chi connectivity index (χ4v) is 8.21. The number of ether oxygens (including phenoxy) is 6. The molecule has 0 spiro atoms. The fourth-order valence-electron chi connectivity index (χ4n) is 8.21. The Balaban J connectivity index is 1.31. The van der Waals surface area contributed by atoms with Gasteiger partial charge in [0.1, 0.15) is 18.8 Å². The molecule has 1 saturated heterocycles. The molecule has 0 aliphatic carbocycles. The van der Waals surface area contributed by atoms with Gasteiger partial charge >= 0.3 is 30.0 Å². The van der Waals surface area contributed by atoms with E-state index in [0.717, 1.165) is 23.1 Å². The van der Waals surface area contributed by atoms with Gasteiger partial charge in [-0.2, -0.15) is 0 Å². The van der Waals surface area contributed by atoms with Crippen molar-refractivity contribution in [2.45, 2.75) is 69.6 Å². The SMILES string of the molecule is CCc1ccc(Cc2ccc(NC(=O)OCc3ccccc3)cc2[C@@]2(O)O[C@H]([C@@H](C)OC(=O)c3ccccc3)[C@@H](OC(=O)c3ccccc3)[C@H](OC(=O)c3ccccc3)[C@H]2OC(=O)c2ccccc2)cc1. The standard InChI is InChI=1S/C58H51NO12/c1-3-39-29-31-40(32-30-39)35-46-33-34-47(59-57(64)66-37-41-19-9-4-10-20-41)36-48(46)58(65)52(70-56(63)45-27-17-8-18-28-45)51(69-55(62)44-25-15-7-16-26-44)50(68-54(61)43-23-13-6-14-24-43)49(71-58)38(2)67-53(60)42-21-11-5-12-22-42/h4-34,36,38,49-52,65H,3,35,37H2,1-2H3,(H,59,64)/t38-,49-,50-,51+,52-,58-/m1/s1. The summed E-state index contributed by atoms with van der Waals surface area (Å²) in [6, 6.07) is 53.6. The van der Waals surface area contributed by atoms with Gasteiger partial charge in [0, 0.05) is 11.3 Å². The summed E-state index contributed by atoms with van der Waals surface area (Å²) in [5.41, 5.74) is 3.54. The maximum Gasteiger partial charge on any atom is 0.411 e. The molecule has 2 N–H and O–H groups in total. The number of aliphatic hydroxyl groups is 1. The fraction of sp³-hybridized carbons (Fsp3) is 0.190. The molecule has 0 bridgehead atoms. The van der Waals surface area contributed by atoms with Crippen LogP contribution in [0.15, 0.2) is 194 Å². The number of rotatable bonds is 16. The maximum absolute atomic E-state index is 14.5. The number of aryl methyl sites for hydroxylation is 1. The highest BCUT2D eigenvalue weighted by molar-refractivity contribution is 5.92. The molecule has 7 aromatic carbocycles. The second-order valence-corrected chi connectivity index (χ2v) is 16.8. The minimum absolute atomic E-state index is 0.0469. The molecule has 0 radical (unpaired) electrons. The number of hydrogen-bond donors (Lipinski definition) is 2. The van der Waals surface area contributed by atoms with Crippen LogP contribution in [0.1, 0.15) is 83.1 Å². The van der Waals surface area contributed by atoms with Crippen LogP contribution in [0.4, 0.5) is 10.5 Å². The Morgan fingerprint density at radius 2 is 1.03 bits per heavy atom. The number of anilines is 1. The molecule has 6 atom stereocenters. The van der Waals surface area contributed by atoms with Gasteiger partial charge in [0.05, 0.1) is 22.3 Å². The predicted molar refractivity (Wildman–Crippen MR) is 262 cm³/mol. The van der Waals surface area contributed by atoms with Gasteiger partial charge in [0.15, 0.2) is 12.2 Å². The van der Waals surface area contributed by atoms with Crippen LogP contribution in [0.25, 0.3) is 0 Å². The second-order valence-electron chi connectivity index (χ2n) is 16.8. The smallest absolute Gasteiger partial charge is 0.411 e. The monoisotopic (exact) mass is 953 g/mol. The summed E-state index contributed by atoms with van der Waals surface area (Å²) >= 11 is 0. The Bertz CT molecular complexity index is 2920. The van der Waals surface area contributed by atoms with Gasteiger partial charge in [-0.1, -0.05) is 140 Å². The number of esters is 4. The molecule has 71 heavy (non-hydrogen) atoms. The highest BCUT2D eigenvalue weighted by Crippen LogP contribution is 2.45. The molecular formula is C58H51NO12. The van der Waals surface area contributed by atoms with Crippen LogP contribution in [0.2, 0.25) is 0 Å². The van der Waals surface area contributed by atoms with Gasteiger partial charge in [0.25, 0.3) is 0 Å². The number of carbonyl (C=O) groups excluding carboxylic acids is 5. The van der Waals surface area contributed by atoms with E-state index < -0.39 is 66.3 Å². The first-order valence-corrected chi connectivity index (χ1v) is 23.1. The van der Waals surface area contributed by atoms with Crippen molar-refractivity contribution >= 4 is 35.7 Å². The summed E-state index contributed by atoms with van der Waals surface area (Å²) in [6.45, 7) is 3.46. The molecule has 1 fully saturated rings. The molecular weight excluding hydrogens is 903 g/mol. The van der Waals surface area contributed by atoms with E-state index in [0.29, 0.717) is 5.56 Å². The van der Waals surface area contributed by atoms with E-state index in [1.165, 1.54) is 49.4 Å². The van der Waals surface area contributed by atoms with Crippen molar-refractivity contribution in [2.75, 3.05) is 5.32 Å². The number of amides is 1. The first-order valence-electron chi connectivity index (χ1n) is 23.1. The molecule has 360 valence electrons. The largest absolute Gasteiger partial charge is 0.456 e. The summed E-state index contributed by atoms with van der Waals surface area (Å²) in [4.78, 5) is 70.4. The molecule has 1 aliphatic rings. The van der Waals surface area contributed by atoms with E-state index in [-0.39, 0.29) is 46.5 Å². The quantitative estimate of drug-likeness (QED) is 0.0695. The molecule has 1 aliphatic heterocycles. The summed E-state index contributed by atoms with van der Waals surface area (Å²) < 4.78 is 37.4. The van der Waals surface area contributed by atoms with Crippen molar-refractivity contribution in [3.63, 3.8) is 0 Å². The van der Waals surface area contributed by atoms with Crippen molar-refractivity contribution in [2.24, 2.45) is 0 Å². The predicted octanol–water partition coefficient (Wildman–Crippen LogP) is 10.1. The van der Waals surface area contributed by atoms with E-state index in [1.54, 1.807) is 109 Å². The first kappa shape index (κ1) is 49.0. The van der Waals surface area contributed by atoms with Gasteiger partial charge in [0.2, 0.25) is 11.9 Å². The maximum atomic E-state index is 14.5. The minimum Gasteiger partial charge on any atom is -0.456 e. The molecule has 13 nitrogen and oxygen atoms in total. The van der Waals surface area contributed by atoms with Crippen molar-refractivity contribution in [1.82, 2.24) is 0 Å². The third-order valence-electron chi connectivity index (χ3n) is 11.9. The molecule has 1 amide bonds. The third-order valence-corrected chi connectivity index (χ3v) is 11.9. The summed E-state index contributed by atoms with van der Waals surface area (Å²) in [5, 5.41) is 16.6. The van der Waals surface area contributed by atoms with Crippen LogP contribution in [0.5, 0.6) is 0 Å². The molecule has 8 rings (SSSR count). The molecule has 7 aromatic rings. The lowest BCUT2D eigenvalue weighted by Crippen LogP contribution is -2.68. The van der Waals surface area contributed by atoms with Crippen LogP contribution in [-0.2, 0) is 53.7 Å². The number of carbonyl (C=O) groups is 5. The summed E-state index contributed by atoms with van der Waals surface area (Å²) in [7, 11) is 0. The Morgan fingerprint density at radius 3 is 1.55 bits per heavy atom. The van der Waals surface area contributed by atoms with E-state index in [4.69, 9.17) is 28.4 Å².